The van der Waals surface area contributed by atoms with Gasteiger partial charge < -0.3 is 4.42 Å². The van der Waals surface area contributed by atoms with E-state index in [0.717, 1.165) is 17.6 Å². The second-order valence-corrected chi connectivity index (χ2v) is 2.40. The largest absolute Gasteiger partial charge is 0.465 e. The van der Waals surface area contributed by atoms with E-state index in [2.05, 4.69) is 0 Å². The number of rotatable bonds is 2. The molecule has 0 aliphatic carbocycles. The van der Waals surface area contributed by atoms with Crippen molar-refractivity contribution in [2.75, 3.05) is 0 Å². The number of furan rings is 1. The van der Waals surface area contributed by atoms with Gasteiger partial charge in [0, 0.05) is 0 Å². The van der Waals surface area contributed by atoms with Gasteiger partial charge in [-0.1, -0.05) is 0 Å². The maximum atomic E-state index is 10.3. The summed E-state index contributed by atoms with van der Waals surface area (Å²) in [5, 5.41) is 0. The fourth-order valence-electron chi connectivity index (χ4n) is 0.775. The Kier molecular flexibility index (Phi) is 2.26. The van der Waals surface area contributed by atoms with E-state index in [1.807, 2.05) is 13.0 Å². The summed E-state index contributed by atoms with van der Waals surface area (Å²) in [5.74, 6) is 0.759. The third-order valence-corrected chi connectivity index (χ3v) is 1.66. The number of hydrogen-bond acceptors (Lipinski definition) is 2. The van der Waals surface area contributed by atoms with Gasteiger partial charge in [-0.2, -0.15) is 0 Å². The van der Waals surface area contributed by atoms with Crippen molar-refractivity contribution in [2.45, 2.75) is 13.8 Å². The van der Waals surface area contributed by atoms with Gasteiger partial charge in [0.25, 0.3) is 0 Å². The highest BCUT2D eigenvalue weighted by Crippen LogP contribution is 2.16. The zero-order valence-electron chi connectivity index (χ0n) is 6.63. The molecule has 0 aliphatic rings. The smallest absolute Gasteiger partial charge is 0.146 e. The molecule has 0 N–H and O–H groups in total. The normalized spacial score (nSPS) is 12.5. The monoisotopic (exact) mass is 150 g/mol. The minimum Gasteiger partial charge on any atom is -0.465 e. The van der Waals surface area contributed by atoms with Crippen LogP contribution in [0.4, 0.5) is 0 Å². The molecule has 2 nitrogen and oxygen atoms in total. The van der Waals surface area contributed by atoms with E-state index < -0.39 is 0 Å². The number of aldehydes is 1. The summed E-state index contributed by atoms with van der Waals surface area (Å²) in [6, 6.07) is 3.64. The Morgan fingerprint density at radius 1 is 1.55 bits per heavy atom. The Labute approximate surface area is 65.5 Å². The van der Waals surface area contributed by atoms with Crippen molar-refractivity contribution in [2.24, 2.45) is 0 Å². The van der Waals surface area contributed by atoms with Crippen LogP contribution in [0.3, 0.4) is 0 Å². The second kappa shape index (κ2) is 3.19. The van der Waals surface area contributed by atoms with Gasteiger partial charge in [-0.3, -0.25) is 4.79 Å². The Bertz CT molecular complexity index is 268. The molecular formula is C9H10O2. The first-order valence-electron chi connectivity index (χ1n) is 3.42. The quantitative estimate of drug-likeness (QED) is 0.478. The van der Waals surface area contributed by atoms with Crippen LogP contribution in [0.5, 0.6) is 0 Å². The fraction of sp³-hybridized carbons (Fsp3) is 0.222. The molecular weight excluding hydrogens is 140 g/mol. The van der Waals surface area contributed by atoms with Crippen LogP contribution in [-0.4, -0.2) is 6.29 Å². The van der Waals surface area contributed by atoms with Crippen LogP contribution in [0.1, 0.15) is 19.6 Å². The number of allylic oxidation sites excluding steroid dienone is 2. The molecule has 0 spiro atoms. The summed E-state index contributed by atoms with van der Waals surface area (Å²) >= 11 is 0. The predicted octanol–water partition coefficient (Wildman–Crippen LogP) is 2.27. The highest BCUT2D eigenvalue weighted by molar-refractivity contribution is 5.85. The van der Waals surface area contributed by atoms with Crippen molar-refractivity contribution >= 4 is 11.9 Å². The van der Waals surface area contributed by atoms with Crippen molar-refractivity contribution in [3.05, 3.63) is 29.7 Å². The summed E-state index contributed by atoms with van der Waals surface area (Å²) in [4.78, 5) is 10.3. The second-order valence-electron chi connectivity index (χ2n) is 2.40. The molecule has 0 saturated heterocycles. The van der Waals surface area contributed by atoms with Crippen LogP contribution in [0.15, 0.2) is 28.4 Å². The van der Waals surface area contributed by atoms with Crippen molar-refractivity contribution in [1.29, 1.82) is 0 Å². The zero-order valence-corrected chi connectivity index (χ0v) is 6.63. The first-order chi connectivity index (χ1) is 5.25. The lowest BCUT2D eigenvalue weighted by Gasteiger charge is -1.96. The third kappa shape index (κ3) is 1.58. The molecule has 1 rings (SSSR count). The predicted molar refractivity (Wildman–Crippen MR) is 43.0 cm³/mol. The first kappa shape index (κ1) is 7.79. The van der Waals surface area contributed by atoms with Gasteiger partial charge in [0.05, 0.1) is 6.26 Å². The molecule has 1 aromatic rings. The van der Waals surface area contributed by atoms with Crippen molar-refractivity contribution in [3.63, 3.8) is 0 Å². The SMILES string of the molecule is CC(C=O)=C(C)c1ccco1. The maximum Gasteiger partial charge on any atom is 0.146 e. The summed E-state index contributed by atoms with van der Waals surface area (Å²) < 4.78 is 5.10. The van der Waals surface area contributed by atoms with Crippen LogP contribution in [0.25, 0.3) is 5.57 Å². The van der Waals surface area contributed by atoms with Crippen LogP contribution in [0, 0.1) is 0 Å². The maximum absolute atomic E-state index is 10.3. The Morgan fingerprint density at radius 2 is 2.27 bits per heavy atom. The Balaban J connectivity index is 3.02. The van der Waals surface area contributed by atoms with Gasteiger partial charge in [0.15, 0.2) is 0 Å². The minimum atomic E-state index is 0.708. The van der Waals surface area contributed by atoms with Gasteiger partial charge in [-0.15, -0.1) is 0 Å². The average Bonchev–Trinajstić information content (AvgIpc) is 2.53. The molecule has 0 radical (unpaired) electrons. The number of carbonyl (C=O) groups excluding carboxylic acids is 1. The highest BCUT2D eigenvalue weighted by atomic mass is 16.3. The molecule has 0 fully saturated rings. The molecule has 0 amide bonds. The van der Waals surface area contributed by atoms with Crippen molar-refractivity contribution in [1.82, 2.24) is 0 Å². The van der Waals surface area contributed by atoms with Crippen LogP contribution in [-0.2, 0) is 4.79 Å². The lowest BCUT2D eigenvalue weighted by atomic mass is 10.1. The third-order valence-electron chi connectivity index (χ3n) is 1.66. The van der Waals surface area contributed by atoms with Crippen LogP contribution >= 0.6 is 0 Å². The molecule has 0 atom stereocenters. The Morgan fingerprint density at radius 3 is 2.73 bits per heavy atom. The number of carbonyl (C=O) groups is 1. The van der Waals surface area contributed by atoms with E-state index in [1.165, 1.54) is 0 Å². The van der Waals surface area contributed by atoms with E-state index >= 15 is 0 Å². The molecule has 1 heterocycles. The number of hydrogen-bond donors (Lipinski definition) is 0. The summed E-state index contributed by atoms with van der Waals surface area (Å²) in [7, 11) is 0. The van der Waals surface area contributed by atoms with Crippen LogP contribution < -0.4 is 0 Å². The summed E-state index contributed by atoms with van der Waals surface area (Å²) in [6.45, 7) is 3.63. The molecule has 0 saturated carbocycles. The van der Waals surface area contributed by atoms with Crippen molar-refractivity contribution in [3.8, 4) is 0 Å². The van der Waals surface area contributed by atoms with E-state index in [-0.39, 0.29) is 0 Å². The van der Waals surface area contributed by atoms with E-state index in [0.29, 0.717) is 5.57 Å². The highest BCUT2D eigenvalue weighted by Gasteiger charge is 2.00. The van der Waals surface area contributed by atoms with Gasteiger partial charge in [-0.25, -0.2) is 0 Å². The van der Waals surface area contributed by atoms with Gasteiger partial charge >= 0.3 is 0 Å². The Hall–Kier alpha value is -1.31. The molecule has 0 aliphatic heterocycles. The van der Waals surface area contributed by atoms with E-state index in [4.69, 9.17) is 4.42 Å². The van der Waals surface area contributed by atoms with Crippen LogP contribution in [0.2, 0.25) is 0 Å². The molecule has 2 heteroatoms. The summed E-state index contributed by atoms with van der Waals surface area (Å²) in [5.41, 5.74) is 1.60. The zero-order chi connectivity index (χ0) is 8.27. The van der Waals surface area contributed by atoms with Gasteiger partial charge in [0.1, 0.15) is 12.0 Å². The van der Waals surface area contributed by atoms with Gasteiger partial charge in [-0.05, 0) is 37.1 Å². The summed E-state index contributed by atoms with van der Waals surface area (Å²) in [6.07, 6.45) is 2.43. The standard InChI is InChI=1S/C9H10O2/c1-7(6-10)8(2)9-4-3-5-11-9/h3-6H,1-2H3. The topological polar surface area (TPSA) is 30.2 Å². The van der Waals surface area contributed by atoms with E-state index in [1.54, 1.807) is 19.3 Å². The molecule has 11 heavy (non-hydrogen) atoms. The molecule has 58 valence electrons. The fourth-order valence-corrected chi connectivity index (χ4v) is 0.775. The van der Waals surface area contributed by atoms with Crippen molar-refractivity contribution < 1.29 is 9.21 Å². The molecule has 1 aromatic heterocycles. The molecule has 0 unspecified atom stereocenters. The molecule has 0 bridgehead atoms. The molecule has 0 aromatic carbocycles. The van der Waals surface area contributed by atoms with E-state index in [9.17, 15) is 4.79 Å². The lowest BCUT2D eigenvalue weighted by Crippen LogP contribution is -1.82. The van der Waals surface area contributed by atoms with Gasteiger partial charge in [0.2, 0.25) is 0 Å². The first-order valence-corrected chi connectivity index (χ1v) is 3.42. The lowest BCUT2D eigenvalue weighted by molar-refractivity contribution is -0.104. The average molecular weight is 150 g/mol. The minimum absolute atomic E-state index is 0.708.